The number of nitrogens with zero attached hydrogens (tertiary/aromatic N) is 1. The van der Waals surface area contributed by atoms with Crippen molar-refractivity contribution >= 4 is 11.5 Å². The van der Waals surface area contributed by atoms with Crippen LogP contribution in [0.4, 0.5) is 5.69 Å². The van der Waals surface area contributed by atoms with Crippen LogP contribution in [0.1, 0.15) is 25.3 Å². The van der Waals surface area contributed by atoms with Crippen LogP contribution in [-0.2, 0) is 11.2 Å². The number of carbonyl (C=O) groups excluding carboxylic acids is 1. The Labute approximate surface area is 99.5 Å². The van der Waals surface area contributed by atoms with E-state index < -0.39 is 4.92 Å². The second-order valence-electron chi connectivity index (χ2n) is 3.69. The first-order chi connectivity index (χ1) is 8.06. The molecule has 0 unspecified atom stereocenters. The van der Waals surface area contributed by atoms with E-state index >= 15 is 0 Å². The molecule has 0 radical (unpaired) electrons. The zero-order valence-electron chi connectivity index (χ0n) is 9.93. The lowest BCUT2D eigenvalue weighted by molar-refractivity contribution is -0.385. The number of Topliss-reactive ketones (excluding diaryl/α,β-unsaturated/α-hetero) is 1. The van der Waals surface area contributed by atoms with Gasteiger partial charge in [0.1, 0.15) is 11.5 Å². The first kappa shape index (κ1) is 13.2. The van der Waals surface area contributed by atoms with Crippen LogP contribution in [0.3, 0.4) is 0 Å². The van der Waals surface area contributed by atoms with Crippen molar-refractivity contribution in [2.75, 3.05) is 7.11 Å². The van der Waals surface area contributed by atoms with Gasteiger partial charge in [-0.15, -0.1) is 0 Å². The molecule has 5 heteroatoms. The number of nitro benzene ring substituents is 1. The Kier molecular flexibility index (Phi) is 4.63. The minimum Gasteiger partial charge on any atom is -0.496 e. The molecule has 0 spiro atoms. The Bertz CT molecular complexity index is 429. The van der Waals surface area contributed by atoms with Gasteiger partial charge in [-0.3, -0.25) is 14.9 Å². The van der Waals surface area contributed by atoms with E-state index in [-0.39, 0.29) is 11.5 Å². The number of ether oxygens (including phenoxy) is 1. The molecule has 0 atom stereocenters. The number of rotatable bonds is 6. The van der Waals surface area contributed by atoms with Crippen LogP contribution in [0.5, 0.6) is 5.75 Å². The molecule has 0 amide bonds. The normalized spacial score (nSPS) is 10.0. The molecule has 5 nitrogen and oxygen atoms in total. The van der Waals surface area contributed by atoms with Gasteiger partial charge in [-0.25, -0.2) is 0 Å². The quantitative estimate of drug-likeness (QED) is 0.563. The van der Waals surface area contributed by atoms with Gasteiger partial charge in [0.05, 0.1) is 18.1 Å². The third kappa shape index (κ3) is 3.86. The van der Waals surface area contributed by atoms with Gasteiger partial charge >= 0.3 is 0 Å². The fourth-order valence-corrected chi connectivity index (χ4v) is 1.47. The summed E-state index contributed by atoms with van der Waals surface area (Å²) in [7, 11) is 1.46. The fourth-order valence-electron chi connectivity index (χ4n) is 1.47. The maximum atomic E-state index is 11.2. The second kappa shape index (κ2) is 5.98. The number of non-ortho nitro benzene ring substituents is 1. The van der Waals surface area contributed by atoms with Gasteiger partial charge in [0.15, 0.2) is 0 Å². The Hall–Kier alpha value is -1.91. The predicted octanol–water partition coefficient (Wildman–Crippen LogP) is 2.52. The number of methoxy groups -OCH3 is 1. The molecule has 1 aromatic carbocycles. The summed E-state index contributed by atoms with van der Waals surface area (Å²) in [5.41, 5.74) is 0.737. The topological polar surface area (TPSA) is 69.4 Å². The molecular formula is C12H15NO4. The number of carbonyl (C=O) groups is 1. The average molecular weight is 237 g/mol. The Morgan fingerprint density at radius 1 is 1.41 bits per heavy atom. The van der Waals surface area contributed by atoms with Crippen molar-refractivity contribution in [3.05, 3.63) is 33.9 Å². The molecule has 1 aromatic rings. The second-order valence-corrected chi connectivity index (χ2v) is 3.69. The summed E-state index contributed by atoms with van der Waals surface area (Å²) in [5.74, 6) is 0.591. The number of nitro groups is 1. The van der Waals surface area contributed by atoms with Crippen LogP contribution in [0, 0.1) is 10.1 Å². The third-order valence-electron chi connectivity index (χ3n) is 2.48. The number of ketones is 1. The molecule has 0 saturated carbocycles. The van der Waals surface area contributed by atoms with Gasteiger partial charge in [-0.1, -0.05) is 6.92 Å². The molecular weight excluding hydrogens is 222 g/mol. The number of hydrogen-bond acceptors (Lipinski definition) is 4. The minimum absolute atomic E-state index is 0.0108. The lowest BCUT2D eigenvalue weighted by atomic mass is 10.1. The summed E-state index contributed by atoms with van der Waals surface area (Å²) in [5, 5.41) is 10.7. The number of benzene rings is 1. The summed E-state index contributed by atoms with van der Waals surface area (Å²) in [6.45, 7) is 1.80. The van der Waals surface area contributed by atoms with Crippen LogP contribution in [0.15, 0.2) is 18.2 Å². The molecule has 0 fully saturated rings. The maximum Gasteiger partial charge on any atom is 0.273 e. The van der Waals surface area contributed by atoms with Gasteiger partial charge in [0.25, 0.3) is 5.69 Å². The highest BCUT2D eigenvalue weighted by Gasteiger charge is 2.10. The standard InChI is InChI=1S/C12H15NO4/c1-3-11(14)5-4-9-6-10(13(15)16)8-12(7-9)17-2/h6-8H,3-5H2,1-2H3. The highest BCUT2D eigenvalue weighted by molar-refractivity contribution is 5.78. The SMILES string of the molecule is CCC(=O)CCc1cc(OC)cc([N+](=O)[O-])c1. The molecule has 17 heavy (non-hydrogen) atoms. The molecule has 0 aliphatic carbocycles. The number of hydrogen-bond donors (Lipinski definition) is 0. The zero-order chi connectivity index (χ0) is 12.8. The van der Waals surface area contributed by atoms with Crippen molar-refractivity contribution in [1.29, 1.82) is 0 Å². The minimum atomic E-state index is -0.465. The summed E-state index contributed by atoms with van der Waals surface area (Å²) in [6.07, 6.45) is 1.40. The van der Waals surface area contributed by atoms with Gasteiger partial charge in [-0.2, -0.15) is 0 Å². The van der Waals surface area contributed by atoms with Crippen LogP contribution < -0.4 is 4.74 Å². The summed E-state index contributed by atoms with van der Waals surface area (Å²) in [6, 6.07) is 4.56. The van der Waals surface area contributed by atoms with E-state index in [1.807, 2.05) is 0 Å². The van der Waals surface area contributed by atoms with Crippen LogP contribution in [0.25, 0.3) is 0 Å². The van der Waals surface area contributed by atoms with Crippen molar-refractivity contribution < 1.29 is 14.5 Å². The molecule has 0 N–H and O–H groups in total. The average Bonchev–Trinajstić information content (AvgIpc) is 2.35. The third-order valence-corrected chi connectivity index (χ3v) is 2.48. The van der Waals surface area contributed by atoms with Crippen molar-refractivity contribution in [1.82, 2.24) is 0 Å². The Morgan fingerprint density at radius 3 is 2.65 bits per heavy atom. The van der Waals surface area contributed by atoms with Crippen molar-refractivity contribution in [3.8, 4) is 5.75 Å². The Morgan fingerprint density at radius 2 is 2.12 bits per heavy atom. The predicted molar refractivity (Wildman–Crippen MR) is 63.3 cm³/mol. The number of aryl methyl sites for hydroxylation is 1. The maximum absolute atomic E-state index is 11.2. The van der Waals surface area contributed by atoms with E-state index in [4.69, 9.17) is 4.74 Å². The molecule has 0 saturated heterocycles. The zero-order valence-corrected chi connectivity index (χ0v) is 9.93. The van der Waals surface area contributed by atoms with Gasteiger partial charge in [-0.05, 0) is 18.1 Å². The highest BCUT2D eigenvalue weighted by atomic mass is 16.6. The first-order valence-electron chi connectivity index (χ1n) is 5.41. The van der Waals surface area contributed by atoms with Crippen molar-refractivity contribution in [2.24, 2.45) is 0 Å². The van der Waals surface area contributed by atoms with Crippen LogP contribution >= 0.6 is 0 Å². The fraction of sp³-hybridized carbons (Fsp3) is 0.417. The highest BCUT2D eigenvalue weighted by Crippen LogP contribution is 2.23. The Balaban J connectivity index is 2.87. The van der Waals surface area contributed by atoms with E-state index in [2.05, 4.69) is 0 Å². The molecule has 0 aromatic heterocycles. The van der Waals surface area contributed by atoms with Gasteiger partial charge < -0.3 is 4.74 Å². The van der Waals surface area contributed by atoms with Crippen molar-refractivity contribution in [2.45, 2.75) is 26.2 Å². The smallest absolute Gasteiger partial charge is 0.273 e. The van der Waals surface area contributed by atoms with E-state index in [1.54, 1.807) is 13.0 Å². The summed E-state index contributed by atoms with van der Waals surface area (Å²) < 4.78 is 4.99. The molecule has 0 aliphatic heterocycles. The lowest BCUT2D eigenvalue weighted by Crippen LogP contribution is -1.99. The van der Waals surface area contributed by atoms with E-state index in [9.17, 15) is 14.9 Å². The van der Waals surface area contributed by atoms with Gasteiger partial charge in [0.2, 0.25) is 0 Å². The molecule has 92 valence electrons. The summed E-state index contributed by atoms with van der Waals surface area (Å²) in [4.78, 5) is 21.4. The lowest BCUT2D eigenvalue weighted by Gasteiger charge is -2.04. The monoisotopic (exact) mass is 237 g/mol. The molecule has 1 rings (SSSR count). The van der Waals surface area contributed by atoms with Gasteiger partial charge in [0, 0.05) is 18.9 Å². The molecule has 0 heterocycles. The largest absolute Gasteiger partial charge is 0.496 e. The first-order valence-corrected chi connectivity index (χ1v) is 5.41. The van der Waals surface area contributed by atoms with Crippen LogP contribution in [0.2, 0.25) is 0 Å². The summed E-state index contributed by atoms with van der Waals surface area (Å²) >= 11 is 0. The van der Waals surface area contributed by atoms with E-state index in [0.717, 1.165) is 5.56 Å². The molecule has 0 aliphatic rings. The van der Waals surface area contributed by atoms with E-state index in [1.165, 1.54) is 19.2 Å². The van der Waals surface area contributed by atoms with Crippen molar-refractivity contribution in [3.63, 3.8) is 0 Å². The molecule has 0 bridgehead atoms. The van der Waals surface area contributed by atoms with Crippen LogP contribution in [-0.4, -0.2) is 17.8 Å². The van der Waals surface area contributed by atoms with E-state index in [0.29, 0.717) is 25.0 Å².